The number of halogens is 1. The summed E-state index contributed by atoms with van der Waals surface area (Å²) in [6.07, 6.45) is 0. The average molecular weight is 260 g/mol. The molecule has 0 fully saturated rings. The van der Waals surface area contributed by atoms with Gasteiger partial charge in [-0.05, 0) is 49.1 Å². The second kappa shape index (κ2) is 5.19. The maximum atomic E-state index is 13.0. The van der Waals surface area contributed by atoms with Crippen LogP contribution in [0.25, 0.3) is 0 Å². The van der Waals surface area contributed by atoms with Crippen LogP contribution in [0, 0.1) is 24.1 Å². The largest absolute Gasteiger partial charge is 0.377 e. The molecule has 0 aliphatic rings. The van der Waals surface area contributed by atoms with Gasteiger partial charge >= 0.3 is 0 Å². The van der Waals surface area contributed by atoms with Crippen molar-refractivity contribution < 1.29 is 4.39 Å². The Labute approximate surface area is 110 Å². The van der Waals surface area contributed by atoms with E-state index in [1.165, 1.54) is 22.6 Å². The molecule has 0 amide bonds. The highest BCUT2D eigenvalue weighted by molar-refractivity contribution is 7.10. The fourth-order valence-corrected chi connectivity index (χ4v) is 2.80. The first kappa shape index (κ1) is 12.6. The quantitative estimate of drug-likeness (QED) is 0.896. The van der Waals surface area contributed by atoms with Crippen LogP contribution in [0.15, 0.2) is 29.6 Å². The number of hydrogen-bond donors (Lipinski definition) is 1. The van der Waals surface area contributed by atoms with E-state index >= 15 is 0 Å². The lowest BCUT2D eigenvalue weighted by molar-refractivity contribution is 0.627. The van der Waals surface area contributed by atoms with Crippen molar-refractivity contribution in [2.75, 3.05) is 5.32 Å². The lowest BCUT2D eigenvalue weighted by atomic mass is 10.1. The Hall–Kier alpha value is -1.86. The van der Waals surface area contributed by atoms with Gasteiger partial charge in [-0.15, -0.1) is 11.3 Å². The zero-order valence-electron chi connectivity index (χ0n) is 10.2. The maximum absolute atomic E-state index is 13.0. The third kappa shape index (κ3) is 2.52. The first-order chi connectivity index (χ1) is 8.61. The Kier molecular flexibility index (Phi) is 3.63. The molecule has 1 aromatic heterocycles. The summed E-state index contributed by atoms with van der Waals surface area (Å²) in [7, 11) is 0. The van der Waals surface area contributed by atoms with Crippen LogP contribution in [0.5, 0.6) is 0 Å². The first-order valence-corrected chi connectivity index (χ1v) is 6.50. The van der Waals surface area contributed by atoms with Gasteiger partial charge in [-0.25, -0.2) is 4.39 Å². The Morgan fingerprint density at radius 1 is 1.39 bits per heavy atom. The molecule has 1 atom stereocenters. The number of nitrogens with one attached hydrogen (secondary N) is 1. The molecule has 0 aliphatic carbocycles. The van der Waals surface area contributed by atoms with E-state index in [-0.39, 0.29) is 6.04 Å². The molecule has 2 aromatic rings. The highest BCUT2D eigenvalue weighted by atomic mass is 32.1. The molecule has 0 saturated carbocycles. The van der Waals surface area contributed by atoms with Crippen molar-refractivity contribution in [3.8, 4) is 6.07 Å². The number of aryl methyl sites for hydroxylation is 1. The Morgan fingerprint density at radius 2 is 2.17 bits per heavy atom. The van der Waals surface area contributed by atoms with Crippen LogP contribution >= 0.6 is 11.3 Å². The first-order valence-electron chi connectivity index (χ1n) is 5.62. The maximum Gasteiger partial charge on any atom is 0.124 e. The Balaban J connectivity index is 2.25. The molecule has 4 heteroatoms. The lowest BCUT2D eigenvalue weighted by Gasteiger charge is -2.16. The Bertz CT molecular complexity index is 598. The number of hydrogen-bond acceptors (Lipinski definition) is 3. The van der Waals surface area contributed by atoms with Crippen LogP contribution in [0.3, 0.4) is 0 Å². The van der Waals surface area contributed by atoms with Crippen molar-refractivity contribution in [1.29, 1.82) is 5.26 Å². The van der Waals surface area contributed by atoms with E-state index in [9.17, 15) is 4.39 Å². The SMILES string of the molecule is Cc1ccsc1C(C)Nc1ccc(F)cc1C#N. The molecule has 1 N–H and O–H groups in total. The van der Waals surface area contributed by atoms with Gasteiger partial charge in [0.05, 0.1) is 17.3 Å². The van der Waals surface area contributed by atoms with Gasteiger partial charge in [0.15, 0.2) is 0 Å². The number of nitriles is 1. The third-order valence-corrected chi connectivity index (χ3v) is 3.97. The fourth-order valence-electron chi connectivity index (χ4n) is 1.86. The minimum absolute atomic E-state index is 0.0996. The third-order valence-electron chi connectivity index (χ3n) is 2.77. The summed E-state index contributed by atoms with van der Waals surface area (Å²) in [5.74, 6) is -0.392. The molecule has 0 bridgehead atoms. The van der Waals surface area contributed by atoms with Gasteiger partial charge in [-0.2, -0.15) is 5.26 Å². The monoisotopic (exact) mass is 260 g/mol. The minimum Gasteiger partial charge on any atom is -0.377 e. The van der Waals surface area contributed by atoms with E-state index in [1.54, 1.807) is 17.4 Å². The van der Waals surface area contributed by atoms with Crippen molar-refractivity contribution >= 4 is 17.0 Å². The molecule has 1 unspecified atom stereocenters. The number of rotatable bonds is 3. The molecule has 0 saturated heterocycles. The molecule has 92 valence electrons. The summed E-state index contributed by atoms with van der Waals surface area (Å²) in [6.45, 7) is 4.09. The summed E-state index contributed by atoms with van der Waals surface area (Å²) in [6, 6.07) is 8.37. The van der Waals surface area contributed by atoms with E-state index in [0.717, 1.165) is 0 Å². The predicted octanol–water partition coefficient (Wildman–Crippen LogP) is 4.24. The van der Waals surface area contributed by atoms with E-state index in [2.05, 4.69) is 18.3 Å². The molecule has 0 radical (unpaired) electrons. The summed E-state index contributed by atoms with van der Waals surface area (Å²) in [4.78, 5) is 1.23. The van der Waals surface area contributed by atoms with Gasteiger partial charge in [-0.3, -0.25) is 0 Å². The summed E-state index contributed by atoms with van der Waals surface area (Å²) in [5.41, 5.74) is 2.22. The van der Waals surface area contributed by atoms with Gasteiger partial charge in [0.2, 0.25) is 0 Å². The fraction of sp³-hybridized carbons (Fsp3) is 0.214. The van der Waals surface area contributed by atoms with Crippen LogP contribution in [-0.2, 0) is 0 Å². The Morgan fingerprint density at radius 3 is 2.78 bits per heavy atom. The zero-order valence-corrected chi connectivity index (χ0v) is 11.0. The lowest BCUT2D eigenvalue weighted by Crippen LogP contribution is -2.07. The second-order valence-corrected chi connectivity index (χ2v) is 5.08. The standard InChI is InChI=1S/C14H13FN2S/c1-9-5-6-18-14(9)10(2)17-13-4-3-12(15)7-11(13)8-16/h3-7,10,17H,1-2H3. The van der Waals surface area contributed by atoms with Crippen molar-refractivity contribution in [3.05, 3.63) is 51.5 Å². The molecular formula is C14H13FN2S. The van der Waals surface area contributed by atoms with Crippen LogP contribution in [-0.4, -0.2) is 0 Å². The predicted molar refractivity (Wildman–Crippen MR) is 72.2 cm³/mol. The normalized spacial score (nSPS) is 11.9. The zero-order chi connectivity index (χ0) is 13.1. The highest BCUT2D eigenvalue weighted by Gasteiger charge is 2.12. The number of benzene rings is 1. The molecule has 0 spiro atoms. The van der Waals surface area contributed by atoms with Crippen LogP contribution in [0.4, 0.5) is 10.1 Å². The minimum atomic E-state index is -0.392. The molecular weight excluding hydrogens is 247 g/mol. The van der Waals surface area contributed by atoms with Gasteiger partial charge in [0.25, 0.3) is 0 Å². The molecule has 18 heavy (non-hydrogen) atoms. The number of thiophene rings is 1. The van der Waals surface area contributed by atoms with Crippen molar-refractivity contribution in [3.63, 3.8) is 0 Å². The number of nitrogens with zero attached hydrogens (tertiary/aromatic N) is 1. The van der Waals surface area contributed by atoms with Gasteiger partial charge in [0, 0.05) is 4.88 Å². The van der Waals surface area contributed by atoms with E-state index in [0.29, 0.717) is 11.3 Å². The molecule has 1 heterocycles. The van der Waals surface area contributed by atoms with Crippen molar-refractivity contribution in [2.24, 2.45) is 0 Å². The smallest absolute Gasteiger partial charge is 0.124 e. The summed E-state index contributed by atoms with van der Waals surface area (Å²) >= 11 is 1.67. The average Bonchev–Trinajstić information content (AvgIpc) is 2.77. The molecule has 0 aliphatic heterocycles. The summed E-state index contributed by atoms with van der Waals surface area (Å²) in [5, 5.41) is 14.3. The van der Waals surface area contributed by atoms with E-state index < -0.39 is 5.82 Å². The van der Waals surface area contributed by atoms with Gasteiger partial charge < -0.3 is 5.32 Å². The van der Waals surface area contributed by atoms with Crippen LogP contribution < -0.4 is 5.32 Å². The van der Waals surface area contributed by atoms with Crippen LogP contribution in [0.1, 0.15) is 29.0 Å². The second-order valence-electron chi connectivity index (χ2n) is 4.14. The van der Waals surface area contributed by atoms with Crippen molar-refractivity contribution in [1.82, 2.24) is 0 Å². The van der Waals surface area contributed by atoms with Crippen molar-refractivity contribution in [2.45, 2.75) is 19.9 Å². The molecule has 2 nitrogen and oxygen atoms in total. The molecule has 1 aromatic carbocycles. The van der Waals surface area contributed by atoms with E-state index in [1.807, 2.05) is 18.4 Å². The molecule has 2 rings (SSSR count). The highest BCUT2D eigenvalue weighted by Crippen LogP contribution is 2.28. The van der Waals surface area contributed by atoms with Gasteiger partial charge in [-0.1, -0.05) is 0 Å². The summed E-state index contributed by atoms with van der Waals surface area (Å²) < 4.78 is 13.0. The van der Waals surface area contributed by atoms with E-state index in [4.69, 9.17) is 5.26 Å². The topological polar surface area (TPSA) is 35.8 Å². The van der Waals surface area contributed by atoms with Gasteiger partial charge in [0.1, 0.15) is 11.9 Å². The number of anilines is 1. The van der Waals surface area contributed by atoms with Crippen LogP contribution in [0.2, 0.25) is 0 Å².